The fourth-order valence-electron chi connectivity index (χ4n) is 2.38. The Bertz CT molecular complexity index is 1060. The van der Waals surface area contributed by atoms with Crippen molar-refractivity contribution in [3.05, 3.63) is 89.6 Å². The number of benzene rings is 2. The van der Waals surface area contributed by atoms with E-state index in [0.29, 0.717) is 10.6 Å². The quantitative estimate of drug-likeness (QED) is 0.611. The van der Waals surface area contributed by atoms with Gasteiger partial charge in [-0.25, -0.2) is 4.98 Å². The maximum atomic E-state index is 12.7. The molecule has 0 radical (unpaired) electrons. The van der Waals surface area contributed by atoms with Crippen molar-refractivity contribution in [2.75, 3.05) is 6.54 Å². The number of rotatable bonds is 4. The van der Waals surface area contributed by atoms with E-state index in [-0.39, 0.29) is 18.0 Å². The van der Waals surface area contributed by atoms with Crippen molar-refractivity contribution in [2.24, 2.45) is 0 Å². The zero-order valence-corrected chi connectivity index (χ0v) is 15.8. The number of carbonyl (C=O) groups excluding carboxylic acids is 1. The molecule has 0 saturated carbocycles. The first-order valence-corrected chi connectivity index (χ1v) is 9.37. The molecule has 0 bridgehead atoms. The molecule has 1 amide bonds. The van der Waals surface area contributed by atoms with Gasteiger partial charge in [0.25, 0.3) is 5.91 Å². The zero-order valence-electron chi connectivity index (χ0n) is 15.0. The van der Waals surface area contributed by atoms with Gasteiger partial charge in [-0.05, 0) is 42.5 Å². The maximum Gasteiger partial charge on any atom is 0.416 e. The predicted octanol–water partition coefficient (Wildman–Crippen LogP) is 5.03. The van der Waals surface area contributed by atoms with Gasteiger partial charge < -0.3 is 5.32 Å². The van der Waals surface area contributed by atoms with Crippen LogP contribution in [0.15, 0.2) is 82.8 Å². The average Bonchev–Trinajstić information content (AvgIpc) is 2.72. The number of carbonyl (C=O) groups is 1. The van der Waals surface area contributed by atoms with Gasteiger partial charge in [-0.15, -0.1) is 0 Å². The van der Waals surface area contributed by atoms with E-state index < -0.39 is 11.7 Å². The average molecular weight is 412 g/mol. The normalized spacial score (nSPS) is 10.7. The topological polar surface area (TPSA) is 42.0 Å². The molecule has 3 aromatic rings. The molecule has 7 heteroatoms. The molecule has 0 saturated heterocycles. The Morgan fingerprint density at radius 1 is 1.03 bits per heavy atom. The second-order valence-electron chi connectivity index (χ2n) is 5.83. The summed E-state index contributed by atoms with van der Waals surface area (Å²) in [5.41, 5.74) is -0.121. The highest BCUT2D eigenvalue weighted by Gasteiger charge is 2.30. The molecule has 0 fully saturated rings. The summed E-state index contributed by atoms with van der Waals surface area (Å²) in [7, 11) is 0. The minimum Gasteiger partial charge on any atom is -0.341 e. The Labute approximate surface area is 170 Å². The zero-order chi connectivity index (χ0) is 20.7. The highest BCUT2D eigenvalue weighted by Crippen LogP contribution is 2.29. The standard InChI is InChI=1S/C22H15F3N2OS/c23-22(24,25)17-9-4-7-16(15-17)8-5-13-26-20(28)19-12-6-14-27-21(19)29-18-10-2-1-3-11-18/h1-4,6-7,9-12,14-15H,13H2,(H,26,28). The van der Waals surface area contributed by atoms with Crippen molar-refractivity contribution in [1.82, 2.24) is 10.3 Å². The second kappa shape index (κ2) is 9.30. The Morgan fingerprint density at radius 2 is 1.83 bits per heavy atom. The minimum absolute atomic E-state index is 0.000579. The molecule has 3 nitrogen and oxygen atoms in total. The number of aromatic nitrogens is 1. The number of hydrogen-bond acceptors (Lipinski definition) is 3. The van der Waals surface area contributed by atoms with Crippen molar-refractivity contribution in [3.63, 3.8) is 0 Å². The first kappa shape index (κ1) is 20.5. The lowest BCUT2D eigenvalue weighted by atomic mass is 10.1. The van der Waals surface area contributed by atoms with Crippen LogP contribution in [-0.4, -0.2) is 17.4 Å². The van der Waals surface area contributed by atoms with Crippen LogP contribution >= 0.6 is 11.8 Å². The largest absolute Gasteiger partial charge is 0.416 e. The molecular formula is C22H15F3N2OS. The third kappa shape index (κ3) is 5.87. The number of nitrogens with zero attached hydrogens (tertiary/aromatic N) is 1. The fourth-order valence-corrected chi connectivity index (χ4v) is 3.29. The van der Waals surface area contributed by atoms with Gasteiger partial charge in [0.15, 0.2) is 0 Å². The van der Waals surface area contributed by atoms with Crippen molar-refractivity contribution in [1.29, 1.82) is 0 Å². The maximum absolute atomic E-state index is 12.7. The summed E-state index contributed by atoms with van der Waals surface area (Å²) < 4.78 is 38.2. The molecule has 1 aromatic heterocycles. The third-order valence-corrected chi connectivity index (χ3v) is 4.76. The molecule has 0 aliphatic heterocycles. The van der Waals surface area contributed by atoms with Crippen molar-refractivity contribution in [2.45, 2.75) is 16.1 Å². The van der Waals surface area contributed by atoms with Crippen molar-refractivity contribution in [3.8, 4) is 11.8 Å². The van der Waals surface area contributed by atoms with E-state index in [1.54, 1.807) is 18.3 Å². The summed E-state index contributed by atoms with van der Waals surface area (Å²) in [5, 5.41) is 3.21. The number of pyridine rings is 1. The Hall–Kier alpha value is -3.24. The number of alkyl halides is 3. The molecule has 0 spiro atoms. The molecule has 0 atom stereocenters. The van der Waals surface area contributed by atoms with E-state index in [2.05, 4.69) is 22.1 Å². The summed E-state index contributed by atoms with van der Waals surface area (Å²) in [5.74, 6) is 4.95. The van der Waals surface area contributed by atoms with Gasteiger partial charge in [0.1, 0.15) is 5.03 Å². The van der Waals surface area contributed by atoms with Crippen LogP contribution in [-0.2, 0) is 6.18 Å². The van der Waals surface area contributed by atoms with Crippen LogP contribution in [0.2, 0.25) is 0 Å². The number of amides is 1. The van der Waals surface area contributed by atoms with E-state index in [4.69, 9.17) is 0 Å². The molecule has 1 N–H and O–H groups in total. The Morgan fingerprint density at radius 3 is 2.59 bits per heavy atom. The minimum atomic E-state index is -4.42. The summed E-state index contributed by atoms with van der Waals surface area (Å²) >= 11 is 1.37. The van der Waals surface area contributed by atoms with Crippen LogP contribution in [0.25, 0.3) is 0 Å². The van der Waals surface area contributed by atoms with Gasteiger partial charge in [0, 0.05) is 16.7 Å². The second-order valence-corrected chi connectivity index (χ2v) is 6.90. The van der Waals surface area contributed by atoms with Gasteiger partial charge >= 0.3 is 6.18 Å². The molecule has 29 heavy (non-hydrogen) atoms. The molecule has 0 aliphatic carbocycles. The van der Waals surface area contributed by atoms with E-state index in [0.717, 1.165) is 17.0 Å². The van der Waals surface area contributed by atoms with Gasteiger partial charge in [0.05, 0.1) is 17.7 Å². The Balaban J connectivity index is 1.65. The summed E-state index contributed by atoms with van der Waals surface area (Å²) in [6.07, 6.45) is -2.81. The van der Waals surface area contributed by atoms with Crippen LogP contribution in [0, 0.1) is 11.8 Å². The van der Waals surface area contributed by atoms with Crippen LogP contribution in [0.5, 0.6) is 0 Å². The molecule has 3 rings (SSSR count). The molecular weight excluding hydrogens is 397 g/mol. The van der Waals surface area contributed by atoms with E-state index in [1.807, 2.05) is 30.3 Å². The smallest absolute Gasteiger partial charge is 0.341 e. The lowest BCUT2D eigenvalue weighted by molar-refractivity contribution is -0.137. The summed E-state index contributed by atoms with van der Waals surface area (Å²) in [6.45, 7) is -0.000579. The highest BCUT2D eigenvalue weighted by molar-refractivity contribution is 7.99. The van der Waals surface area contributed by atoms with Gasteiger partial charge in [-0.2, -0.15) is 13.2 Å². The first-order valence-electron chi connectivity index (χ1n) is 8.56. The molecule has 2 aromatic carbocycles. The summed E-state index contributed by atoms with van der Waals surface area (Å²) in [4.78, 5) is 17.7. The molecule has 0 aliphatic rings. The number of hydrogen-bond donors (Lipinski definition) is 1. The lowest BCUT2D eigenvalue weighted by Crippen LogP contribution is -2.24. The van der Waals surface area contributed by atoms with Crippen LogP contribution in [0.3, 0.4) is 0 Å². The van der Waals surface area contributed by atoms with E-state index in [9.17, 15) is 18.0 Å². The summed E-state index contributed by atoms with van der Waals surface area (Å²) in [6, 6.07) is 17.6. The molecule has 0 unspecified atom stereocenters. The number of halogens is 3. The fraction of sp³-hybridized carbons (Fsp3) is 0.0909. The van der Waals surface area contributed by atoms with Gasteiger partial charge in [0.2, 0.25) is 0 Å². The molecule has 146 valence electrons. The van der Waals surface area contributed by atoms with E-state index >= 15 is 0 Å². The lowest BCUT2D eigenvalue weighted by Gasteiger charge is -2.07. The van der Waals surface area contributed by atoms with Gasteiger partial charge in [-0.1, -0.05) is 47.9 Å². The monoisotopic (exact) mass is 412 g/mol. The van der Waals surface area contributed by atoms with Crippen molar-refractivity contribution >= 4 is 17.7 Å². The SMILES string of the molecule is O=C(NCC#Cc1cccc(C(F)(F)F)c1)c1cccnc1Sc1ccccc1. The Kier molecular flexibility index (Phi) is 6.57. The van der Waals surface area contributed by atoms with Crippen molar-refractivity contribution < 1.29 is 18.0 Å². The van der Waals surface area contributed by atoms with Crippen LogP contribution in [0.1, 0.15) is 21.5 Å². The number of nitrogens with one attached hydrogen (secondary N) is 1. The molecule has 1 heterocycles. The van der Waals surface area contributed by atoms with E-state index in [1.165, 1.54) is 23.9 Å². The van der Waals surface area contributed by atoms with Gasteiger partial charge in [-0.3, -0.25) is 4.79 Å². The third-order valence-electron chi connectivity index (χ3n) is 3.73. The van der Waals surface area contributed by atoms with Crippen LogP contribution < -0.4 is 5.32 Å². The first-order chi connectivity index (χ1) is 13.9. The predicted molar refractivity (Wildman–Crippen MR) is 105 cm³/mol. The van der Waals surface area contributed by atoms with Crippen LogP contribution in [0.4, 0.5) is 13.2 Å². The highest BCUT2D eigenvalue weighted by atomic mass is 32.2.